The number of hydrogen-bond acceptors (Lipinski definition) is 7. The Labute approximate surface area is 144 Å². The SMILES string of the molecule is O=C1O[C@H]2C(=NN(c3ccccc3)C[C@H]2O)/C1=N\Nc1ccccc1. The zero-order valence-electron chi connectivity index (χ0n) is 13.2. The Morgan fingerprint density at radius 1 is 1.12 bits per heavy atom. The van der Waals surface area contributed by atoms with E-state index in [9.17, 15) is 9.90 Å². The van der Waals surface area contributed by atoms with E-state index in [2.05, 4.69) is 15.6 Å². The van der Waals surface area contributed by atoms with Gasteiger partial charge in [-0.05, 0) is 24.3 Å². The number of aliphatic hydroxyl groups is 1. The third-order valence-electron chi connectivity index (χ3n) is 4.00. The van der Waals surface area contributed by atoms with Gasteiger partial charge in [0.15, 0.2) is 11.8 Å². The second-order valence-electron chi connectivity index (χ2n) is 5.73. The van der Waals surface area contributed by atoms with Gasteiger partial charge in [-0.15, -0.1) is 0 Å². The Bertz CT molecular complexity index is 836. The summed E-state index contributed by atoms with van der Waals surface area (Å²) in [7, 11) is 0. The number of carbonyl (C=O) groups excluding carboxylic acids is 1. The van der Waals surface area contributed by atoms with E-state index in [4.69, 9.17) is 4.74 Å². The van der Waals surface area contributed by atoms with E-state index in [0.717, 1.165) is 11.4 Å². The smallest absolute Gasteiger partial charge is 0.361 e. The minimum atomic E-state index is -0.874. The predicted octanol–water partition coefficient (Wildman–Crippen LogP) is 1.62. The minimum absolute atomic E-state index is 0.0773. The molecule has 0 spiro atoms. The van der Waals surface area contributed by atoms with Crippen molar-refractivity contribution in [2.24, 2.45) is 10.2 Å². The monoisotopic (exact) mass is 336 g/mol. The summed E-state index contributed by atoms with van der Waals surface area (Å²) in [5.41, 5.74) is 4.79. The van der Waals surface area contributed by atoms with E-state index in [1.165, 1.54) is 0 Å². The number of esters is 1. The van der Waals surface area contributed by atoms with Crippen molar-refractivity contribution >= 4 is 28.8 Å². The number of hydrazone groups is 2. The van der Waals surface area contributed by atoms with Crippen molar-refractivity contribution in [3.8, 4) is 0 Å². The third kappa shape index (κ3) is 2.97. The summed E-state index contributed by atoms with van der Waals surface area (Å²) in [6.45, 7) is 0.241. The van der Waals surface area contributed by atoms with Gasteiger partial charge in [-0.1, -0.05) is 36.4 Å². The van der Waals surface area contributed by atoms with Crippen LogP contribution in [0.1, 0.15) is 0 Å². The van der Waals surface area contributed by atoms with Crippen LogP contribution in [0.25, 0.3) is 0 Å². The maximum atomic E-state index is 12.1. The Morgan fingerprint density at radius 3 is 2.52 bits per heavy atom. The van der Waals surface area contributed by atoms with Crippen LogP contribution in [0.5, 0.6) is 0 Å². The molecule has 0 aliphatic carbocycles. The van der Waals surface area contributed by atoms with Crippen LogP contribution >= 0.6 is 0 Å². The number of ether oxygens (including phenoxy) is 1. The number of anilines is 2. The first-order chi connectivity index (χ1) is 12.2. The maximum Gasteiger partial charge on any atom is 0.361 e. The summed E-state index contributed by atoms with van der Waals surface area (Å²) in [6.07, 6.45) is -1.66. The van der Waals surface area contributed by atoms with Crippen LogP contribution in [0.2, 0.25) is 0 Å². The second kappa shape index (κ2) is 6.37. The summed E-state index contributed by atoms with van der Waals surface area (Å²) in [4.78, 5) is 12.1. The molecule has 4 rings (SSSR count). The fourth-order valence-electron chi connectivity index (χ4n) is 2.77. The van der Waals surface area contributed by atoms with Crippen molar-refractivity contribution in [3.05, 3.63) is 60.7 Å². The summed E-state index contributed by atoms with van der Waals surface area (Å²) in [5, 5.41) is 20.6. The summed E-state index contributed by atoms with van der Waals surface area (Å²) < 4.78 is 5.25. The maximum absolute atomic E-state index is 12.1. The molecule has 1 fully saturated rings. The molecule has 7 heteroatoms. The molecular formula is C18H16N4O3. The highest BCUT2D eigenvalue weighted by Crippen LogP contribution is 2.24. The molecule has 2 aromatic carbocycles. The molecule has 1 saturated heterocycles. The quantitative estimate of drug-likeness (QED) is 0.657. The van der Waals surface area contributed by atoms with Crippen LogP contribution < -0.4 is 10.4 Å². The van der Waals surface area contributed by atoms with Gasteiger partial charge in [0.1, 0.15) is 11.8 Å². The molecule has 2 N–H and O–H groups in total. The molecule has 7 nitrogen and oxygen atoms in total. The molecule has 0 radical (unpaired) electrons. The molecule has 2 aromatic rings. The Hall–Kier alpha value is -3.19. The average molecular weight is 336 g/mol. The van der Waals surface area contributed by atoms with Gasteiger partial charge >= 0.3 is 5.97 Å². The number of nitrogens with one attached hydrogen (secondary N) is 1. The van der Waals surface area contributed by atoms with Crippen LogP contribution in [-0.2, 0) is 9.53 Å². The molecule has 126 valence electrons. The number of rotatable bonds is 3. The summed E-state index contributed by atoms with van der Waals surface area (Å²) in [6, 6.07) is 18.7. The molecule has 0 unspecified atom stereocenters. The van der Waals surface area contributed by atoms with E-state index in [1.807, 2.05) is 60.7 Å². The number of benzene rings is 2. The minimum Gasteiger partial charge on any atom is -0.448 e. The number of fused-ring (bicyclic) bond motifs is 1. The molecule has 0 saturated carbocycles. The highest BCUT2D eigenvalue weighted by molar-refractivity contribution is 6.69. The van der Waals surface area contributed by atoms with E-state index in [1.54, 1.807) is 5.01 Å². The van der Waals surface area contributed by atoms with E-state index in [-0.39, 0.29) is 12.3 Å². The lowest BCUT2D eigenvalue weighted by atomic mass is 10.1. The normalized spacial score (nSPS) is 23.9. The molecule has 2 aliphatic heterocycles. The van der Waals surface area contributed by atoms with Gasteiger partial charge in [0.05, 0.1) is 17.9 Å². The fraction of sp³-hybridized carbons (Fsp3) is 0.167. The van der Waals surface area contributed by atoms with Gasteiger partial charge in [-0.3, -0.25) is 10.4 Å². The molecule has 2 aliphatic rings. The molecule has 0 amide bonds. The van der Waals surface area contributed by atoms with Gasteiger partial charge in [0.2, 0.25) is 0 Å². The molecule has 25 heavy (non-hydrogen) atoms. The first kappa shape index (κ1) is 15.3. The zero-order valence-corrected chi connectivity index (χ0v) is 13.2. The van der Waals surface area contributed by atoms with Gasteiger partial charge in [-0.25, -0.2) is 4.79 Å². The van der Waals surface area contributed by atoms with E-state index in [0.29, 0.717) is 5.71 Å². The van der Waals surface area contributed by atoms with Crippen molar-refractivity contribution in [3.63, 3.8) is 0 Å². The van der Waals surface area contributed by atoms with Crippen molar-refractivity contribution in [1.29, 1.82) is 0 Å². The molecule has 0 bridgehead atoms. The van der Waals surface area contributed by atoms with Gasteiger partial charge in [0.25, 0.3) is 0 Å². The standard InChI is InChI=1S/C18H16N4O3/c23-14-11-22(13-9-5-2-6-10-13)21-15-16(18(24)25-17(14)15)20-19-12-7-3-1-4-8-12/h1-10,14,17,19,23H,11H2/b20-16+/t14-,17-/m1/s1. The topological polar surface area (TPSA) is 86.5 Å². The van der Waals surface area contributed by atoms with Crippen molar-refractivity contribution in [1.82, 2.24) is 0 Å². The lowest BCUT2D eigenvalue weighted by Gasteiger charge is -2.30. The molecule has 2 heterocycles. The first-order valence-corrected chi connectivity index (χ1v) is 7.91. The lowest BCUT2D eigenvalue weighted by molar-refractivity contribution is -0.139. The lowest BCUT2D eigenvalue weighted by Crippen LogP contribution is -2.47. The van der Waals surface area contributed by atoms with Crippen molar-refractivity contribution in [2.75, 3.05) is 17.0 Å². The van der Waals surface area contributed by atoms with E-state index >= 15 is 0 Å². The summed E-state index contributed by atoms with van der Waals surface area (Å²) >= 11 is 0. The van der Waals surface area contributed by atoms with Crippen LogP contribution in [-0.4, -0.2) is 41.3 Å². The number of β-amino-alcohol motifs (C(OH)–C–C–N with tert-alkyl or cyclic N) is 1. The highest BCUT2D eigenvalue weighted by atomic mass is 16.6. The third-order valence-corrected chi connectivity index (χ3v) is 4.00. The molecule has 0 aromatic heterocycles. The number of aliphatic hydroxyl groups excluding tert-OH is 1. The number of hydrogen-bond donors (Lipinski definition) is 2. The van der Waals surface area contributed by atoms with E-state index < -0.39 is 18.2 Å². The second-order valence-corrected chi connectivity index (χ2v) is 5.73. The van der Waals surface area contributed by atoms with Crippen molar-refractivity contribution < 1.29 is 14.6 Å². The number of carbonyl (C=O) groups is 1. The van der Waals surface area contributed by atoms with Gasteiger partial charge in [-0.2, -0.15) is 10.2 Å². The molecule has 2 atom stereocenters. The Morgan fingerprint density at radius 2 is 1.80 bits per heavy atom. The highest BCUT2D eigenvalue weighted by Gasteiger charge is 2.46. The number of nitrogens with zero attached hydrogens (tertiary/aromatic N) is 3. The van der Waals surface area contributed by atoms with Gasteiger partial charge < -0.3 is 9.84 Å². The first-order valence-electron chi connectivity index (χ1n) is 7.91. The van der Waals surface area contributed by atoms with Crippen LogP contribution in [0.15, 0.2) is 70.9 Å². The largest absolute Gasteiger partial charge is 0.448 e. The van der Waals surface area contributed by atoms with Gasteiger partial charge in [0, 0.05) is 0 Å². The summed E-state index contributed by atoms with van der Waals surface area (Å²) in [5.74, 6) is -0.596. The van der Waals surface area contributed by atoms with Crippen molar-refractivity contribution in [2.45, 2.75) is 12.2 Å². The molecular weight excluding hydrogens is 320 g/mol. The van der Waals surface area contributed by atoms with Crippen LogP contribution in [0.3, 0.4) is 0 Å². The fourth-order valence-corrected chi connectivity index (χ4v) is 2.77. The number of para-hydroxylation sites is 2. The Balaban J connectivity index is 1.66. The average Bonchev–Trinajstić information content (AvgIpc) is 2.97. The van der Waals surface area contributed by atoms with Crippen LogP contribution in [0.4, 0.5) is 11.4 Å². The Kier molecular flexibility index (Phi) is 3.91. The predicted molar refractivity (Wildman–Crippen MR) is 94.6 cm³/mol. The van der Waals surface area contributed by atoms with Crippen LogP contribution in [0, 0.1) is 0 Å². The zero-order chi connectivity index (χ0) is 17.2.